The van der Waals surface area contributed by atoms with Crippen molar-refractivity contribution < 1.29 is 14.3 Å². The van der Waals surface area contributed by atoms with Crippen LogP contribution in [0.2, 0.25) is 0 Å². The Balaban J connectivity index is 1.58. The van der Waals surface area contributed by atoms with Crippen molar-refractivity contribution in [3.63, 3.8) is 0 Å². The molecule has 3 N–H and O–H groups in total. The number of amides is 1. The minimum absolute atomic E-state index is 0.336. The highest BCUT2D eigenvalue weighted by molar-refractivity contribution is 7.21. The molecule has 178 valence electrons. The Morgan fingerprint density at radius 1 is 0.917 bits per heavy atom. The molecule has 0 unspecified atom stereocenters. The van der Waals surface area contributed by atoms with Crippen molar-refractivity contribution >= 4 is 44.8 Å². The molecule has 1 amide bonds. The van der Waals surface area contributed by atoms with Gasteiger partial charge in [-0.2, -0.15) is 0 Å². The number of hydrogen-bond acceptors (Lipinski definition) is 6. The lowest BCUT2D eigenvalue weighted by Gasteiger charge is -2.09. The quantitative estimate of drug-likeness (QED) is 0.270. The number of aryl methyl sites for hydroxylation is 1. The largest absolute Gasteiger partial charge is 0.465 e. The second-order valence-corrected chi connectivity index (χ2v) is 9.33. The summed E-state index contributed by atoms with van der Waals surface area (Å²) in [6, 6.07) is 26.7. The standard InChI is InChI=1S/C29H23N3O3S/c1-17-8-10-19(11-9-17)23-16-22(18-6-4-3-5-7-18)24-25(30)26(36-28(24)32-23)27(33)31-21-14-12-20(13-15-21)29(34)35-2/h3-16H,30H2,1-2H3,(H,31,33). The fraction of sp³-hybridized carbons (Fsp3) is 0.0690. The maximum atomic E-state index is 13.2. The van der Waals surface area contributed by atoms with Crippen LogP contribution in [0.15, 0.2) is 84.9 Å². The van der Waals surface area contributed by atoms with Gasteiger partial charge in [0.15, 0.2) is 0 Å². The first-order chi connectivity index (χ1) is 17.4. The number of methoxy groups -OCH3 is 1. The third-order valence-corrected chi connectivity index (χ3v) is 7.00. The van der Waals surface area contributed by atoms with Crippen molar-refractivity contribution in [2.45, 2.75) is 6.92 Å². The van der Waals surface area contributed by atoms with E-state index in [2.05, 4.69) is 17.4 Å². The van der Waals surface area contributed by atoms with Crippen molar-refractivity contribution in [1.82, 2.24) is 4.98 Å². The zero-order chi connectivity index (χ0) is 25.2. The summed E-state index contributed by atoms with van der Waals surface area (Å²) in [5, 5.41) is 3.63. The molecule has 0 radical (unpaired) electrons. The molecule has 36 heavy (non-hydrogen) atoms. The molecule has 0 bridgehead atoms. The van der Waals surface area contributed by atoms with Crippen LogP contribution in [-0.4, -0.2) is 24.0 Å². The molecule has 0 fully saturated rings. The number of nitrogens with one attached hydrogen (secondary N) is 1. The van der Waals surface area contributed by atoms with Crippen LogP contribution in [0, 0.1) is 6.92 Å². The summed E-state index contributed by atoms with van der Waals surface area (Å²) in [5.41, 5.74) is 12.8. The van der Waals surface area contributed by atoms with Crippen LogP contribution < -0.4 is 11.1 Å². The Morgan fingerprint density at radius 3 is 2.28 bits per heavy atom. The molecule has 0 atom stereocenters. The predicted molar refractivity (Wildman–Crippen MR) is 145 cm³/mol. The third kappa shape index (κ3) is 4.44. The number of nitrogens with two attached hydrogens (primary N) is 1. The number of carbonyl (C=O) groups excluding carboxylic acids is 2. The molecule has 0 aliphatic carbocycles. The summed E-state index contributed by atoms with van der Waals surface area (Å²) < 4.78 is 4.72. The van der Waals surface area contributed by atoms with Crippen molar-refractivity contribution in [2.24, 2.45) is 0 Å². The normalized spacial score (nSPS) is 10.8. The number of aromatic nitrogens is 1. The molecule has 0 aliphatic heterocycles. The number of carbonyl (C=O) groups is 2. The minimum Gasteiger partial charge on any atom is -0.465 e. The number of nitrogens with zero attached hydrogens (tertiary/aromatic N) is 1. The van der Waals surface area contributed by atoms with Crippen LogP contribution in [0.1, 0.15) is 25.6 Å². The molecule has 3 aromatic carbocycles. The topological polar surface area (TPSA) is 94.3 Å². The van der Waals surface area contributed by atoms with Gasteiger partial charge < -0.3 is 15.8 Å². The van der Waals surface area contributed by atoms with Crippen LogP contribution in [0.25, 0.3) is 32.6 Å². The average Bonchev–Trinajstić information content (AvgIpc) is 3.25. The summed E-state index contributed by atoms with van der Waals surface area (Å²) in [4.78, 5) is 30.8. The third-order valence-electron chi connectivity index (χ3n) is 5.90. The van der Waals surface area contributed by atoms with Crippen LogP contribution in [-0.2, 0) is 4.74 Å². The van der Waals surface area contributed by atoms with Gasteiger partial charge in [-0.25, -0.2) is 9.78 Å². The van der Waals surface area contributed by atoms with Gasteiger partial charge in [0.2, 0.25) is 0 Å². The van der Waals surface area contributed by atoms with Crippen molar-refractivity contribution in [1.29, 1.82) is 0 Å². The fourth-order valence-electron chi connectivity index (χ4n) is 4.00. The molecule has 0 spiro atoms. The highest BCUT2D eigenvalue weighted by atomic mass is 32.1. The van der Waals surface area contributed by atoms with Crippen LogP contribution in [0.3, 0.4) is 0 Å². The van der Waals surface area contributed by atoms with E-state index < -0.39 is 5.97 Å². The number of benzene rings is 3. The van der Waals surface area contributed by atoms with E-state index in [0.29, 0.717) is 26.6 Å². The van der Waals surface area contributed by atoms with E-state index >= 15 is 0 Å². The molecule has 6 nitrogen and oxygen atoms in total. The van der Waals surface area contributed by atoms with Crippen molar-refractivity contribution in [2.75, 3.05) is 18.2 Å². The number of hydrogen-bond donors (Lipinski definition) is 2. The van der Waals surface area contributed by atoms with Gasteiger partial charge in [-0.15, -0.1) is 11.3 Å². The minimum atomic E-state index is -0.439. The highest BCUT2D eigenvalue weighted by Gasteiger charge is 2.22. The lowest BCUT2D eigenvalue weighted by atomic mass is 9.99. The van der Waals surface area contributed by atoms with Gasteiger partial charge in [-0.3, -0.25) is 4.79 Å². The Labute approximate surface area is 212 Å². The summed E-state index contributed by atoms with van der Waals surface area (Å²) in [5.74, 6) is -0.775. The zero-order valence-electron chi connectivity index (χ0n) is 19.7. The maximum Gasteiger partial charge on any atom is 0.337 e. The van der Waals surface area contributed by atoms with E-state index in [9.17, 15) is 9.59 Å². The van der Waals surface area contributed by atoms with Gasteiger partial charge in [0.1, 0.15) is 9.71 Å². The first-order valence-electron chi connectivity index (χ1n) is 11.3. The van der Waals surface area contributed by atoms with Crippen LogP contribution in [0.5, 0.6) is 0 Å². The maximum absolute atomic E-state index is 13.2. The Bertz CT molecular complexity index is 1570. The SMILES string of the molecule is COC(=O)c1ccc(NC(=O)c2sc3nc(-c4ccc(C)cc4)cc(-c4ccccc4)c3c2N)cc1. The number of rotatable bonds is 5. The molecule has 0 saturated heterocycles. The summed E-state index contributed by atoms with van der Waals surface area (Å²) >= 11 is 1.26. The molecule has 2 aromatic heterocycles. The van der Waals surface area contributed by atoms with Gasteiger partial charge in [0.05, 0.1) is 24.1 Å². The number of nitrogen functional groups attached to an aromatic ring is 1. The lowest BCUT2D eigenvalue weighted by molar-refractivity contribution is 0.0600. The van der Waals surface area contributed by atoms with Crippen molar-refractivity contribution in [3.05, 3.63) is 101 Å². The number of ether oxygens (including phenoxy) is 1. The second-order valence-electron chi connectivity index (χ2n) is 8.34. The van der Waals surface area contributed by atoms with Gasteiger partial charge in [0, 0.05) is 16.6 Å². The van der Waals surface area contributed by atoms with Gasteiger partial charge in [-0.05, 0) is 48.4 Å². The van der Waals surface area contributed by atoms with Crippen molar-refractivity contribution in [3.8, 4) is 22.4 Å². The number of anilines is 2. The number of thiophene rings is 1. The summed E-state index contributed by atoms with van der Waals surface area (Å²) in [7, 11) is 1.32. The number of pyridine rings is 1. The van der Waals surface area contributed by atoms with E-state index in [1.54, 1.807) is 24.3 Å². The molecule has 0 saturated carbocycles. The Morgan fingerprint density at radius 2 is 1.61 bits per heavy atom. The van der Waals surface area contributed by atoms with Gasteiger partial charge in [-0.1, -0.05) is 60.2 Å². The molecule has 2 heterocycles. The van der Waals surface area contributed by atoms with Gasteiger partial charge >= 0.3 is 5.97 Å². The number of fused-ring (bicyclic) bond motifs is 1. The number of esters is 1. The summed E-state index contributed by atoms with van der Waals surface area (Å²) in [6.45, 7) is 2.05. The predicted octanol–water partition coefficient (Wildman–Crippen LogP) is 6.56. The van der Waals surface area contributed by atoms with E-state index in [4.69, 9.17) is 15.5 Å². The summed E-state index contributed by atoms with van der Waals surface area (Å²) in [6.07, 6.45) is 0. The van der Waals surface area contributed by atoms with Crippen LogP contribution >= 0.6 is 11.3 Å². The molecular formula is C29H23N3O3S. The first-order valence-corrected chi connectivity index (χ1v) is 12.1. The highest BCUT2D eigenvalue weighted by Crippen LogP contribution is 2.41. The monoisotopic (exact) mass is 493 g/mol. The van der Waals surface area contributed by atoms with E-state index in [1.165, 1.54) is 24.0 Å². The molecule has 5 aromatic rings. The first kappa shape index (κ1) is 23.3. The van der Waals surface area contributed by atoms with E-state index in [1.807, 2.05) is 55.5 Å². The average molecular weight is 494 g/mol. The molecule has 5 rings (SSSR count). The Kier molecular flexibility index (Phi) is 6.23. The fourth-order valence-corrected chi connectivity index (χ4v) is 5.02. The Hall–Kier alpha value is -4.49. The van der Waals surface area contributed by atoms with Gasteiger partial charge in [0.25, 0.3) is 5.91 Å². The van der Waals surface area contributed by atoms with Crippen LogP contribution in [0.4, 0.5) is 11.4 Å². The van der Waals surface area contributed by atoms with E-state index in [0.717, 1.165) is 27.8 Å². The molecule has 0 aliphatic rings. The second kappa shape index (κ2) is 9.64. The molecule has 7 heteroatoms. The lowest BCUT2D eigenvalue weighted by Crippen LogP contribution is -2.12. The molecular weight excluding hydrogens is 470 g/mol. The van der Waals surface area contributed by atoms with E-state index in [-0.39, 0.29) is 5.91 Å². The smallest absolute Gasteiger partial charge is 0.337 e. The zero-order valence-corrected chi connectivity index (χ0v) is 20.6.